The minimum absolute atomic E-state index is 0.231. The van der Waals surface area contributed by atoms with Crippen molar-refractivity contribution in [2.75, 3.05) is 7.11 Å². The largest absolute Gasteiger partial charge is 0.497 e. The topological polar surface area (TPSA) is 50.7 Å². The van der Waals surface area contributed by atoms with Crippen LogP contribution in [-0.2, 0) is 0 Å². The summed E-state index contributed by atoms with van der Waals surface area (Å²) in [6, 6.07) is 6.89. The first-order valence-corrected chi connectivity index (χ1v) is 6.13. The van der Waals surface area contributed by atoms with Crippen molar-refractivity contribution in [2.24, 2.45) is 5.10 Å². The van der Waals surface area contributed by atoms with E-state index in [2.05, 4.69) is 16.6 Å². The van der Waals surface area contributed by atoms with Crippen LogP contribution in [-0.4, -0.2) is 19.2 Å². The summed E-state index contributed by atoms with van der Waals surface area (Å²) in [5.41, 5.74) is 4.17. The van der Waals surface area contributed by atoms with Crippen molar-refractivity contribution >= 4 is 12.1 Å². The van der Waals surface area contributed by atoms with Gasteiger partial charge in [-0.15, -0.1) is 0 Å². The van der Waals surface area contributed by atoms with Crippen LogP contribution in [0.5, 0.6) is 5.75 Å². The number of amides is 1. The monoisotopic (exact) mass is 256 g/mol. The van der Waals surface area contributed by atoms with Crippen molar-refractivity contribution < 1.29 is 9.53 Å². The highest BCUT2D eigenvalue weighted by Gasteiger charge is 2.04. The number of allylic oxidation sites excluding steroid dienone is 4. The molecule has 1 aromatic carbocycles. The molecule has 0 saturated carbocycles. The SMILES string of the molecule is COc1ccc(C(=O)N/N=C/C2=CC=CCC2)cc1. The maximum Gasteiger partial charge on any atom is 0.271 e. The molecule has 19 heavy (non-hydrogen) atoms. The van der Waals surface area contributed by atoms with Gasteiger partial charge in [0.05, 0.1) is 13.3 Å². The Kier molecular flexibility index (Phi) is 4.50. The van der Waals surface area contributed by atoms with Crippen molar-refractivity contribution in [3.63, 3.8) is 0 Å². The van der Waals surface area contributed by atoms with Gasteiger partial charge < -0.3 is 4.74 Å². The summed E-state index contributed by atoms with van der Waals surface area (Å²) < 4.78 is 5.03. The third-order valence-electron chi connectivity index (χ3n) is 2.79. The van der Waals surface area contributed by atoms with E-state index in [9.17, 15) is 4.79 Å². The Morgan fingerprint density at radius 3 is 2.79 bits per heavy atom. The van der Waals surface area contributed by atoms with Gasteiger partial charge in [0.1, 0.15) is 5.75 Å². The quantitative estimate of drug-likeness (QED) is 0.665. The number of hydrogen-bond donors (Lipinski definition) is 1. The van der Waals surface area contributed by atoms with Crippen molar-refractivity contribution in [3.8, 4) is 5.75 Å². The molecule has 0 heterocycles. The number of hydrogen-bond acceptors (Lipinski definition) is 3. The van der Waals surface area contributed by atoms with Gasteiger partial charge in [0, 0.05) is 5.56 Å². The van der Waals surface area contributed by atoms with Gasteiger partial charge in [-0.05, 0) is 42.7 Å². The zero-order valence-corrected chi connectivity index (χ0v) is 10.8. The Morgan fingerprint density at radius 2 is 2.16 bits per heavy atom. The van der Waals surface area contributed by atoms with Crippen LogP contribution in [0.3, 0.4) is 0 Å². The predicted molar refractivity (Wildman–Crippen MR) is 75.4 cm³/mol. The van der Waals surface area contributed by atoms with Gasteiger partial charge in [0.15, 0.2) is 0 Å². The van der Waals surface area contributed by atoms with E-state index in [-0.39, 0.29) is 5.91 Å². The van der Waals surface area contributed by atoms with Crippen LogP contribution in [0.4, 0.5) is 0 Å². The summed E-state index contributed by atoms with van der Waals surface area (Å²) in [5.74, 6) is 0.491. The molecule has 1 aliphatic carbocycles. The van der Waals surface area contributed by atoms with Crippen LogP contribution >= 0.6 is 0 Å². The Bertz CT molecular complexity index is 528. The fourth-order valence-corrected chi connectivity index (χ4v) is 1.71. The Labute approximate surface area is 112 Å². The third-order valence-corrected chi connectivity index (χ3v) is 2.79. The third kappa shape index (κ3) is 3.81. The average Bonchev–Trinajstić information content (AvgIpc) is 2.48. The molecule has 1 amide bonds. The number of hydrazone groups is 1. The Morgan fingerprint density at radius 1 is 1.37 bits per heavy atom. The molecule has 0 atom stereocenters. The molecule has 0 aromatic heterocycles. The van der Waals surface area contributed by atoms with Gasteiger partial charge in [-0.2, -0.15) is 5.10 Å². The zero-order valence-electron chi connectivity index (χ0n) is 10.8. The maximum atomic E-state index is 11.8. The summed E-state index contributed by atoms with van der Waals surface area (Å²) in [4.78, 5) is 11.8. The molecule has 0 unspecified atom stereocenters. The first-order chi connectivity index (χ1) is 9.29. The predicted octanol–water partition coefficient (Wildman–Crippen LogP) is 2.69. The number of carbonyl (C=O) groups excluding carboxylic acids is 1. The fourth-order valence-electron chi connectivity index (χ4n) is 1.71. The van der Waals surface area contributed by atoms with E-state index >= 15 is 0 Å². The average molecular weight is 256 g/mol. The van der Waals surface area contributed by atoms with Crippen LogP contribution in [0.2, 0.25) is 0 Å². The molecule has 0 bridgehead atoms. The van der Waals surface area contributed by atoms with Crippen molar-refractivity contribution in [3.05, 3.63) is 53.6 Å². The zero-order chi connectivity index (χ0) is 13.5. The lowest BCUT2D eigenvalue weighted by Gasteiger charge is -2.04. The number of nitrogens with one attached hydrogen (secondary N) is 1. The summed E-state index contributed by atoms with van der Waals surface area (Å²) >= 11 is 0. The fraction of sp³-hybridized carbons (Fsp3) is 0.200. The van der Waals surface area contributed by atoms with Gasteiger partial charge in [-0.25, -0.2) is 5.43 Å². The molecule has 0 saturated heterocycles. The number of nitrogens with zero attached hydrogens (tertiary/aromatic N) is 1. The molecule has 0 aliphatic heterocycles. The first-order valence-electron chi connectivity index (χ1n) is 6.13. The van der Waals surface area contributed by atoms with Crippen LogP contribution in [0.15, 0.2) is 53.2 Å². The van der Waals surface area contributed by atoms with Crippen LogP contribution in [0.25, 0.3) is 0 Å². The smallest absolute Gasteiger partial charge is 0.271 e. The highest BCUT2D eigenvalue weighted by atomic mass is 16.5. The van der Waals surface area contributed by atoms with Crippen molar-refractivity contribution in [1.82, 2.24) is 5.43 Å². The van der Waals surface area contributed by atoms with Gasteiger partial charge in [-0.1, -0.05) is 18.2 Å². The second-order valence-corrected chi connectivity index (χ2v) is 4.14. The molecule has 98 valence electrons. The van der Waals surface area contributed by atoms with Gasteiger partial charge in [0.2, 0.25) is 0 Å². The number of benzene rings is 1. The van der Waals surface area contributed by atoms with Crippen LogP contribution in [0.1, 0.15) is 23.2 Å². The highest BCUT2D eigenvalue weighted by molar-refractivity contribution is 5.94. The Balaban J connectivity index is 1.91. The lowest BCUT2D eigenvalue weighted by molar-refractivity contribution is 0.0955. The molecule has 1 N–H and O–H groups in total. The minimum atomic E-state index is -0.231. The number of carbonyl (C=O) groups is 1. The second kappa shape index (κ2) is 6.54. The summed E-state index contributed by atoms with van der Waals surface area (Å²) in [5, 5.41) is 3.96. The molecular formula is C15H16N2O2. The number of methoxy groups -OCH3 is 1. The normalized spacial score (nSPS) is 14.3. The van der Waals surface area contributed by atoms with E-state index in [1.165, 1.54) is 0 Å². The molecule has 0 fully saturated rings. The maximum absolute atomic E-state index is 11.8. The van der Waals surface area contributed by atoms with E-state index in [1.54, 1.807) is 37.6 Å². The lowest BCUT2D eigenvalue weighted by atomic mass is 10.1. The Hall–Kier alpha value is -2.36. The van der Waals surface area contributed by atoms with Gasteiger partial charge >= 0.3 is 0 Å². The molecule has 1 aromatic rings. The van der Waals surface area contributed by atoms with Gasteiger partial charge in [0.25, 0.3) is 5.91 Å². The van der Waals surface area contributed by atoms with E-state index in [0.717, 1.165) is 24.2 Å². The molecule has 1 aliphatic rings. The molecule has 4 heteroatoms. The van der Waals surface area contributed by atoms with Crippen LogP contribution < -0.4 is 10.2 Å². The number of ether oxygens (including phenoxy) is 1. The molecule has 0 radical (unpaired) electrons. The summed E-state index contributed by atoms with van der Waals surface area (Å²) in [6.45, 7) is 0. The van der Waals surface area contributed by atoms with Crippen molar-refractivity contribution in [2.45, 2.75) is 12.8 Å². The van der Waals surface area contributed by atoms with Crippen LogP contribution in [0, 0.1) is 0 Å². The standard InChI is InChI=1S/C15H16N2O2/c1-19-14-9-7-13(8-10-14)15(18)17-16-11-12-5-3-2-4-6-12/h2-3,5,7-11H,4,6H2,1H3,(H,17,18)/b16-11+. The molecular weight excluding hydrogens is 240 g/mol. The summed E-state index contributed by atoms with van der Waals surface area (Å²) in [7, 11) is 1.59. The van der Waals surface area contributed by atoms with E-state index < -0.39 is 0 Å². The molecule has 0 spiro atoms. The van der Waals surface area contributed by atoms with Crippen molar-refractivity contribution in [1.29, 1.82) is 0 Å². The van der Waals surface area contributed by atoms with E-state index in [1.807, 2.05) is 12.2 Å². The minimum Gasteiger partial charge on any atom is -0.497 e. The van der Waals surface area contributed by atoms with Gasteiger partial charge in [-0.3, -0.25) is 4.79 Å². The van der Waals surface area contributed by atoms with E-state index in [4.69, 9.17) is 4.74 Å². The highest BCUT2D eigenvalue weighted by Crippen LogP contribution is 2.11. The molecule has 4 nitrogen and oxygen atoms in total. The second-order valence-electron chi connectivity index (χ2n) is 4.14. The van der Waals surface area contributed by atoms with E-state index in [0.29, 0.717) is 5.56 Å². The number of rotatable bonds is 4. The lowest BCUT2D eigenvalue weighted by Crippen LogP contribution is -2.17. The molecule has 2 rings (SSSR count). The summed E-state index contributed by atoms with van der Waals surface area (Å²) in [6.07, 6.45) is 9.75. The first kappa shape index (κ1) is 13.1.